The first-order valence-corrected chi connectivity index (χ1v) is 13.2. The number of benzene rings is 1. The summed E-state index contributed by atoms with van der Waals surface area (Å²) in [6, 6.07) is 12.1. The molecule has 36 heavy (non-hydrogen) atoms. The van der Waals surface area contributed by atoms with E-state index in [1.54, 1.807) is 44.2 Å². The number of Topliss-reactive ketones (excluding diaryl/α,β-unsaturated/α-hetero) is 1. The number of nitrogens with one attached hydrogen (secondary N) is 2. The molecule has 1 fully saturated rings. The van der Waals surface area contributed by atoms with E-state index in [1.165, 1.54) is 18.3 Å². The lowest BCUT2D eigenvalue weighted by Gasteiger charge is -2.30. The number of pyridine rings is 1. The van der Waals surface area contributed by atoms with E-state index in [-0.39, 0.29) is 29.7 Å². The molecule has 2 N–H and O–H groups in total. The molecule has 11 heteroatoms. The second kappa shape index (κ2) is 10.6. The number of furan rings is 1. The molecule has 3 heterocycles. The molecule has 190 valence electrons. The van der Waals surface area contributed by atoms with Gasteiger partial charge < -0.3 is 15.1 Å². The fourth-order valence-electron chi connectivity index (χ4n) is 4.09. The zero-order valence-corrected chi connectivity index (χ0v) is 20.8. The lowest BCUT2D eigenvalue weighted by atomic mass is 10.0. The molecule has 2 amide bonds. The van der Waals surface area contributed by atoms with Gasteiger partial charge in [-0.3, -0.25) is 14.4 Å². The van der Waals surface area contributed by atoms with Crippen LogP contribution in [0, 0.1) is 5.92 Å². The number of para-hydroxylation sites is 1. The molecular formula is C25H28N4O6S. The third kappa shape index (κ3) is 5.31. The Morgan fingerprint density at radius 1 is 1.11 bits per heavy atom. The van der Waals surface area contributed by atoms with Crippen molar-refractivity contribution in [1.82, 2.24) is 19.9 Å². The van der Waals surface area contributed by atoms with E-state index < -0.39 is 39.8 Å². The molecule has 4 rings (SSSR count). The van der Waals surface area contributed by atoms with E-state index >= 15 is 0 Å². The van der Waals surface area contributed by atoms with E-state index in [0.29, 0.717) is 18.4 Å². The summed E-state index contributed by atoms with van der Waals surface area (Å²) in [6.07, 6.45) is 1.02. The van der Waals surface area contributed by atoms with Gasteiger partial charge in [-0.25, -0.2) is 13.4 Å². The number of amides is 2. The number of carbonyl (C=O) groups excluding carboxylic acids is 3. The highest BCUT2D eigenvalue weighted by Crippen LogP contribution is 2.22. The smallest absolute Gasteiger partial charge is 0.287 e. The number of fused-ring (bicyclic) bond motifs is 1. The summed E-state index contributed by atoms with van der Waals surface area (Å²) in [6.45, 7) is 3.52. The third-order valence-corrected chi connectivity index (χ3v) is 7.80. The molecular weight excluding hydrogens is 484 g/mol. The van der Waals surface area contributed by atoms with E-state index in [1.807, 2.05) is 6.07 Å². The van der Waals surface area contributed by atoms with Crippen LogP contribution in [0.25, 0.3) is 11.0 Å². The number of hydrogen-bond acceptors (Lipinski definition) is 7. The van der Waals surface area contributed by atoms with Crippen molar-refractivity contribution in [3.8, 4) is 0 Å². The molecule has 0 bridgehead atoms. The summed E-state index contributed by atoms with van der Waals surface area (Å²) in [5.74, 6) is -2.01. The van der Waals surface area contributed by atoms with Crippen LogP contribution in [0.3, 0.4) is 0 Å². The SMILES string of the molecule is CC(C)C(NC(=O)c1cc2ccccc2o1)C(=O)N[C@@H]1C(=O)CCCCN1S(=O)(=O)c1ccccn1. The standard InChI is InChI=1S/C25H28N4O6S/c1-16(2)22(27-24(31)20-15-17-9-3-4-11-19(17)35-20)25(32)28-23-18(30)10-6-8-14-29(23)36(33,34)21-12-5-7-13-26-21/h3-5,7,9,11-13,15-16,22-23H,6,8,10,14H2,1-2H3,(H,27,31)(H,28,32)/t22?,23-/m0/s1. The van der Waals surface area contributed by atoms with Crippen molar-refractivity contribution >= 4 is 38.6 Å². The normalized spacial score (nSPS) is 18.1. The van der Waals surface area contributed by atoms with Crippen LogP contribution in [0.5, 0.6) is 0 Å². The van der Waals surface area contributed by atoms with E-state index in [9.17, 15) is 22.8 Å². The third-order valence-electron chi connectivity index (χ3n) is 6.02. The van der Waals surface area contributed by atoms with Gasteiger partial charge in [-0.1, -0.05) is 38.1 Å². The Hall–Kier alpha value is -3.57. The summed E-state index contributed by atoms with van der Waals surface area (Å²) in [5.41, 5.74) is 0.535. The van der Waals surface area contributed by atoms with Crippen LogP contribution in [-0.2, 0) is 19.6 Å². The van der Waals surface area contributed by atoms with Crippen LogP contribution in [0.4, 0.5) is 0 Å². The van der Waals surface area contributed by atoms with Crippen LogP contribution in [0.1, 0.15) is 43.7 Å². The Bertz CT molecular complexity index is 1340. The average Bonchev–Trinajstić information content (AvgIpc) is 3.22. The van der Waals surface area contributed by atoms with Crippen LogP contribution in [0.2, 0.25) is 0 Å². The van der Waals surface area contributed by atoms with Gasteiger partial charge in [0.05, 0.1) is 0 Å². The van der Waals surface area contributed by atoms with Crippen molar-refractivity contribution in [2.75, 3.05) is 6.54 Å². The molecule has 0 spiro atoms. The quantitative estimate of drug-likeness (QED) is 0.496. The average molecular weight is 513 g/mol. The lowest BCUT2D eigenvalue weighted by molar-refractivity contribution is -0.131. The Morgan fingerprint density at radius 3 is 2.56 bits per heavy atom. The minimum absolute atomic E-state index is 0.0412. The van der Waals surface area contributed by atoms with E-state index in [2.05, 4.69) is 15.6 Å². The Kier molecular flexibility index (Phi) is 7.51. The van der Waals surface area contributed by atoms with Crippen molar-refractivity contribution in [2.24, 2.45) is 5.92 Å². The minimum Gasteiger partial charge on any atom is -0.451 e. The first-order chi connectivity index (χ1) is 17.2. The van der Waals surface area contributed by atoms with Crippen molar-refractivity contribution in [2.45, 2.75) is 50.3 Å². The number of ketones is 1. The van der Waals surface area contributed by atoms with Gasteiger partial charge in [0.1, 0.15) is 11.6 Å². The van der Waals surface area contributed by atoms with Crippen molar-refractivity contribution in [3.05, 3.63) is 60.5 Å². The van der Waals surface area contributed by atoms with Crippen LogP contribution < -0.4 is 10.6 Å². The van der Waals surface area contributed by atoms with Crippen molar-refractivity contribution in [3.63, 3.8) is 0 Å². The molecule has 3 aromatic rings. The maximum absolute atomic E-state index is 13.3. The monoisotopic (exact) mass is 512 g/mol. The molecule has 10 nitrogen and oxygen atoms in total. The number of rotatable bonds is 7. The number of aromatic nitrogens is 1. The van der Waals surface area contributed by atoms with Gasteiger partial charge in [0.15, 0.2) is 22.7 Å². The molecule has 1 aromatic carbocycles. The predicted molar refractivity (Wildman–Crippen MR) is 131 cm³/mol. The van der Waals surface area contributed by atoms with Crippen molar-refractivity contribution in [1.29, 1.82) is 0 Å². The highest BCUT2D eigenvalue weighted by atomic mass is 32.2. The zero-order chi connectivity index (χ0) is 25.9. The van der Waals surface area contributed by atoms with E-state index in [0.717, 1.165) is 9.69 Å². The lowest BCUT2D eigenvalue weighted by Crippen LogP contribution is -2.59. The topological polar surface area (TPSA) is 139 Å². The van der Waals surface area contributed by atoms with Crippen LogP contribution >= 0.6 is 0 Å². The molecule has 0 aliphatic carbocycles. The highest BCUT2D eigenvalue weighted by Gasteiger charge is 2.40. The Labute approximate surface area is 209 Å². The number of carbonyl (C=O) groups is 3. The molecule has 1 unspecified atom stereocenters. The summed E-state index contributed by atoms with van der Waals surface area (Å²) in [5, 5.41) is 5.78. The summed E-state index contributed by atoms with van der Waals surface area (Å²) in [7, 11) is -4.16. The largest absolute Gasteiger partial charge is 0.451 e. The first-order valence-electron chi connectivity index (χ1n) is 11.7. The van der Waals surface area contributed by atoms with Gasteiger partial charge in [0.2, 0.25) is 5.91 Å². The molecule has 1 saturated heterocycles. The maximum Gasteiger partial charge on any atom is 0.287 e. The van der Waals surface area contributed by atoms with Crippen LogP contribution in [-0.4, -0.2) is 54.1 Å². The number of nitrogens with zero attached hydrogens (tertiary/aromatic N) is 2. The molecule has 1 aliphatic rings. The van der Waals surface area contributed by atoms with Gasteiger partial charge >= 0.3 is 0 Å². The molecule has 0 radical (unpaired) electrons. The molecule has 2 aromatic heterocycles. The number of hydrogen-bond donors (Lipinski definition) is 2. The fourth-order valence-corrected chi connectivity index (χ4v) is 5.59. The summed E-state index contributed by atoms with van der Waals surface area (Å²) >= 11 is 0. The highest BCUT2D eigenvalue weighted by molar-refractivity contribution is 7.89. The van der Waals surface area contributed by atoms with E-state index in [4.69, 9.17) is 4.42 Å². The Balaban J connectivity index is 1.56. The van der Waals surface area contributed by atoms with Gasteiger partial charge in [-0.2, -0.15) is 4.31 Å². The minimum atomic E-state index is -4.16. The zero-order valence-electron chi connectivity index (χ0n) is 20.0. The fraction of sp³-hybridized carbons (Fsp3) is 0.360. The second-order valence-electron chi connectivity index (χ2n) is 8.96. The summed E-state index contributed by atoms with van der Waals surface area (Å²) < 4.78 is 33.2. The van der Waals surface area contributed by atoms with Crippen molar-refractivity contribution < 1.29 is 27.2 Å². The van der Waals surface area contributed by atoms with Crippen LogP contribution in [0.15, 0.2) is 64.2 Å². The second-order valence-corrected chi connectivity index (χ2v) is 10.8. The summed E-state index contributed by atoms with van der Waals surface area (Å²) in [4.78, 5) is 43.1. The molecule has 2 atom stereocenters. The number of sulfonamides is 1. The van der Waals surface area contributed by atoms with Gasteiger partial charge in [-0.15, -0.1) is 0 Å². The molecule has 1 aliphatic heterocycles. The molecule has 0 saturated carbocycles. The first kappa shape index (κ1) is 25.5. The Morgan fingerprint density at radius 2 is 1.86 bits per heavy atom. The maximum atomic E-state index is 13.3. The van der Waals surface area contributed by atoms with Gasteiger partial charge in [0.25, 0.3) is 15.9 Å². The predicted octanol–water partition coefficient (Wildman–Crippen LogP) is 2.47. The van der Waals surface area contributed by atoms with Gasteiger partial charge in [0, 0.05) is 24.5 Å². The van der Waals surface area contributed by atoms with Gasteiger partial charge in [-0.05, 0) is 43.0 Å².